The van der Waals surface area contributed by atoms with Crippen molar-refractivity contribution < 1.29 is 17.7 Å². The van der Waals surface area contributed by atoms with Crippen LogP contribution in [-0.2, 0) is 10.0 Å². The van der Waals surface area contributed by atoms with Crippen molar-refractivity contribution in [3.63, 3.8) is 0 Å². The molecule has 0 bridgehead atoms. The van der Waals surface area contributed by atoms with Crippen molar-refractivity contribution in [1.82, 2.24) is 4.98 Å². The number of hydrogen-bond acceptors (Lipinski definition) is 5. The minimum atomic E-state index is -4.24. The maximum atomic E-state index is 13.0. The molecule has 0 fully saturated rings. The summed E-state index contributed by atoms with van der Waals surface area (Å²) in [5.74, 6) is -0.887. The fourth-order valence-corrected chi connectivity index (χ4v) is 2.97. The van der Waals surface area contributed by atoms with Gasteiger partial charge in [-0.05, 0) is 46.9 Å². The third-order valence-corrected chi connectivity index (χ3v) is 4.41. The molecule has 10 heteroatoms. The van der Waals surface area contributed by atoms with Gasteiger partial charge in [-0.25, -0.2) is 17.8 Å². The molecule has 2 rings (SSSR count). The summed E-state index contributed by atoms with van der Waals surface area (Å²) in [6.07, 6.45) is 1.43. The highest BCUT2D eigenvalue weighted by Gasteiger charge is 2.26. The van der Waals surface area contributed by atoms with Crippen molar-refractivity contribution in [3.8, 4) is 0 Å². The fourth-order valence-electron chi connectivity index (χ4n) is 1.49. The molecule has 1 aromatic carbocycles. The number of nitrogens with one attached hydrogen (secondary N) is 1. The maximum absolute atomic E-state index is 13.0. The third kappa shape index (κ3) is 3.64. The van der Waals surface area contributed by atoms with Gasteiger partial charge in [0.1, 0.15) is 11.6 Å². The number of hydrogen-bond donors (Lipinski definition) is 1. The van der Waals surface area contributed by atoms with Gasteiger partial charge in [-0.2, -0.15) is 0 Å². The molecule has 2 aromatic rings. The predicted octanol–water partition coefficient (Wildman–Crippen LogP) is 2.53. The van der Waals surface area contributed by atoms with Crippen LogP contribution in [0, 0.1) is 19.5 Å². The largest absolute Gasteiger partial charge is 0.292 e. The van der Waals surface area contributed by atoms with Crippen molar-refractivity contribution in [2.75, 3.05) is 4.72 Å². The molecule has 0 saturated carbocycles. The molecule has 7 nitrogen and oxygen atoms in total. The quantitative estimate of drug-likeness (QED) is 0.463. The highest BCUT2D eigenvalue weighted by atomic mass is 127. The Balaban J connectivity index is 2.44. The second-order valence-electron chi connectivity index (χ2n) is 3.84. The Kier molecular flexibility index (Phi) is 4.37. The first kappa shape index (κ1) is 15.6. The first-order chi connectivity index (χ1) is 9.79. The van der Waals surface area contributed by atoms with E-state index < -0.39 is 31.3 Å². The van der Waals surface area contributed by atoms with Crippen molar-refractivity contribution in [1.29, 1.82) is 0 Å². The SMILES string of the molecule is O=[N+]([O-])c1cc(F)ccc1S(=O)(=O)Nc1ccc(I)cn1. The summed E-state index contributed by atoms with van der Waals surface area (Å²) in [5.41, 5.74) is -0.840. The molecule has 0 unspecified atom stereocenters. The number of nitro benzene ring substituents is 1. The van der Waals surface area contributed by atoms with Gasteiger partial charge in [-0.3, -0.25) is 14.8 Å². The van der Waals surface area contributed by atoms with E-state index in [0.717, 1.165) is 15.7 Å². The first-order valence-electron chi connectivity index (χ1n) is 5.38. The molecule has 0 amide bonds. The van der Waals surface area contributed by atoms with E-state index in [4.69, 9.17) is 0 Å². The van der Waals surface area contributed by atoms with Crippen LogP contribution in [0.25, 0.3) is 0 Å². The van der Waals surface area contributed by atoms with E-state index >= 15 is 0 Å². The third-order valence-electron chi connectivity index (χ3n) is 2.37. The zero-order chi connectivity index (χ0) is 15.6. The van der Waals surface area contributed by atoms with Crippen molar-refractivity contribution in [3.05, 3.63) is 56.0 Å². The molecule has 21 heavy (non-hydrogen) atoms. The van der Waals surface area contributed by atoms with Crippen molar-refractivity contribution in [2.24, 2.45) is 0 Å². The number of aromatic nitrogens is 1. The van der Waals surface area contributed by atoms with Crippen LogP contribution in [0.5, 0.6) is 0 Å². The highest BCUT2D eigenvalue weighted by molar-refractivity contribution is 14.1. The number of sulfonamides is 1. The number of halogens is 2. The lowest BCUT2D eigenvalue weighted by atomic mass is 10.3. The molecule has 110 valence electrons. The monoisotopic (exact) mass is 423 g/mol. The maximum Gasteiger partial charge on any atom is 0.292 e. The summed E-state index contributed by atoms with van der Waals surface area (Å²) in [6.45, 7) is 0. The minimum Gasteiger partial charge on any atom is -0.263 e. The van der Waals surface area contributed by atoms with Crippen LogP contribution < -0.4 is 4.72 Å². The van der Waals surface area contributed by atoms with E-state index in [2.05, 4.69) is 9.71 Å². The number of pyridine rings is 1. The molecular formula is C11H7FIN3O4S. The minimum absolute atomic E-state index is 0.00837. The van der Waals surface area contributed by atoms with Crippen LogP contribution in [0.1, 0.15) is 0 Å². The van der Waals surface area contributed by atoms with Crippen LogP contribution in [0.15, 0.2) is 41.4 Å². The summed E-state index contributed by atoms with van der Waals surface area (Å²) in [7, 11) is -4.24. The summed E-state index contributed by atoms with van der Waals surface area (Å²) in [4.78, 5) is 13.1. The number of nitrogens with zero attached hydrogens (tertiary/aromatic N) is 2. The molecule has 1 aromatic heterocycles. The average molecular weight is 423 g/mol. The van der Waals surface area contributed by atoms with E-state index in [0.29, 0.717) is 6.07 Å². The zero-order valence-corrected chi connectivity index (χ0v) is 13.1. The number of anilines is 1. The van der Waals surface area contributed by atoms with E-state index in [1.54, 1.807) is 6.07 Å². The fraction of sp³-hybridized carbons (Fsp3) is 0. The number of benzene rings is 1. The summed E-state index contributed by atoms with van der Waals surface area (Å²) >= 11 is 1.99. The Morgan fingerprint density at radius 3 is 2.57 bits per heavy atom. The molecule has 0 aliphatic heterocycles. The van der Waals surface area contributed by atoms with E-state index in [1.807, 2.05) is 22.6 Å². The van der Waals surface area contributed by atoms with E-state index in [-0.39, 0.29) is 5.82 Å². The molecule has 1 heterocycles. The lowest BCUT2D eigenvalue weighted by Crippen LogP contribution is -2.15. The topological polar surface area (TPSA) is 102 Å². The number of nitro groups is 1. The van der Waals surface area contributed by atoms with Crippen LogP contribution in [0.3, 0.4) is 0 Å². The van der Waals surface area contributed by atoms with Gasteiger partial charge in [0.15, 0.2) is 4.90 Å². The predicted molar refractivity (Wildman–Crippen MR) is 80.8 cm³/mol. The smallest absolute Gasteiger partial charge is 0.263 e. The highest BCUT2D eigenvalue weighted by Crippen LogP contribution is 2.26. The molecule has 0 aliphatic rings. The van der Waals surface area contributed by atoms with Crippen LogP contribution in [-0.4, -0.2) is 18.3 Å². The second kappa shape index (κ2) is 5.89. The lowest BCUT2D eigenvalue weighted by molar-refractivity contribution is -0.388. The Morgan fingerprint density at radius 2 is 2.00 bits per heavy atom. The van der Waals surface area contributed by atoms with Gasteiger partial charge in [0, 0.05) is 9.77 Å². The Morgan fingerprint density at radius 1 is 1.29 bits per heavy atom. The van der Waals surface area contributed by atoms with Gasteiger partial charge in [0.25, 0.3) is 15.7 Å². The molecule has 0 radical (unpaired) electrons. The van der Waals surface area contributed by atoms with Gasteiger partial charge >= 0.3 is 0 Å². The molecule has 0 aliphatic carbocycles. The zero-order valence-electron chi connectivity index (χ0n) is 10.2. The Hall–Kier alpha value is -1.82. The molecule has 0 atom stereocenters. The van der Waals surface area contributed by atoms with Crippen molar-refractivity contribution in [2.45, 2.75) is 4.90 Å². The first-order valence-corrected chi connectivity index (χ1v) is 7.94. The summed E-state index contributed by atoms with van der Waals surface area (Å²) < 4.78 is 40.2. The van der Waals surface area contributed by atoms with Crippen LogP contribution in [0.4, 0.5) is 15.9 Å². The molecule has 0 spiro atoms. The molecule has 0 saturated heterocycles. The van der Waals surface area contributed by atoms with Gasteiger partial charge in [0.05, 0.1) is 11.0 Å². The molecular weight excluding hydrogens is 416 g/mol. The Labute approximate surface area is 132 Å². The van der Waals surface area contributed by atoms with Crippen LogP contribution >= 0.6 is 22.6 Å². The van der Waals surface area contributed by atoms with Crippen LogP contribution in [0.2, 0.25) is 0 Å². The van der Waals surface area contributed by atoms with Gasteiger partial charge in [-0.15, -0.1) is 0 Å². The summed E-state index contributed by atoms with van der Waals surface area (Å²) in [5, 5.41) is 10.8. The normalized spacial score (nSPS) is 11.1. The lowest BCUT2D eigenvalue weighted by Gasteiger charge is -2.07. The Bertz CT molecular complexity index is 796. The van der Waals surface area contributed by atoms with E-state index in [9.17, 15) is 22.9 Å². The molecule has 1 N–H and O–H groups in total. The summed E-state index contributed by atoms with van der Waals surface area (Å²) in [6, 6.07) is 5.25. The van der Waals surface area contributed by atoms with Gasteiger partial charge in [-0.1, -0.05) is 0 Å². The van der Waals surface area contributed by atoms with Gasteiger partial charge in [0.2, 0.25) is 0 Å². The van der Waals surface area contributed by atoms with Gasteiger partial charge < -0.3 is 0 Å². The second-order valence-corrected chi connectivity index (χ2v) is 6.73. The van der Waals surface area contributed by atoms with E-state index in [1.165, 1.54) is 12.3 Å². The standard InChI is InChI=1S/C11H7FIN3O4S/c12-7-1-3-10(9(5-7)16(17)18)21(19,20)15-11-4-2-8(13)6-14-11/h1-6H,(H,14,15). The average Bonchev–Trinajstić information content (AvgIpc) is 2.40. The van der Waals surface area contributed by atoms with Crippen molar-refractivity contribution >= 4 is 44.1 Å². The number of rotatable bonds is 4.